The molecule has 0 aliphatic carbocycles. The van der Waals surface area contributed by atoms with Gasteiger partial charge in [0, 0.05) is 18.2 Å². The average Bonchev–Trinajstić information content (AvgIpc) is 2.54. The number of rotatable bonds is 5. The topological polar surface area (TPSA) is 115 Å². The monoisotopic (exact) mass is 327 g/mol. The standard InChI is InChI=1S/C16H13N3O5/c1-11-13(6-4-8-14(11)18(21)22)17-16(20)10-9-12-5-2-3-7-15(12)19(23)24/h2-10H,1H3,(H,17,20). The first-order chi connectivity index (χ1) is 11.4. The Morgan fingerprint density at radius 1 is 1.00 bits per heavy atom. The van der Waals surface area contributed by atoms with Crippen molar-refractivity contribution in [2.24, 2.45) is 0 Å². The van der Waals surface area contributed by atoms with Crippen LogP contribution in [0.25, 0.3) is 6.08 Å². The second-order valence-electron chi connectivity index (χ2n) is 4.85. The zero-order valence-corrected chi connectivity index (χ0v) is 12.6. The van der Waals surface area contributed by atoms with Gasteiger partial charge in [0.05, 0.1) is 26.7 Å². The highest BCUT2D eigenvalue weighted by atomic mass is 16.6. The SMILES string of the molecule is Cc1c(NC(=O)C=Cc2ccccc2[N+](=O)[O-])cccc1[N+](=O)[O-]. The van der Waals surface area contributed by atoms with Gasteiger partial charge < -0.3 is 5.32 Å². The number of carbonyl (C=O) groups is 1. The summed E-state index contributed by atoms with van der Waals surface area (Å²) in [6.07, 6.45) is 2.46. The molecule has 0 saturated carbocycles. The molecule has 2 rings (SSSR count). The lowest BCUT2D eigenvalue weighted by Crippen LogP contribution is -2.09. The summed E-state index contributed by atoms with van der Waals surface area (Å²) in [5.74, 6) is -0.545. The van der Waals surface area contributed by atoms with E-state index in [2.05, 4.69) is 5.32 Å². The Bertz CT molecular complexity index is 845. The summed E-state index contributed by atoms with van der Waals surface area (Å²) in [7, 11) is 0. The number of carbonyl (C=O) groups excluding carboxylic acids is 1. The van der Waals surface area contributed by atoms with Gasteiger partial charge in [-0.1, -0.05) is 18.2 Å². The predicted molar refractivity (Wildman–Crippen MR) is 88.6 cm³/mol. The molecule has 1 N–H and O–H groups in total. The molecule has 2 aromatic rings. The number of para-hydroxylation sites is 1. The van der Waals surface area contributed by atoms with E-state index >= 15 is 0 Å². The molecule has 2 aromatic carbocycles. The molecular formula is C16H13N3O5. The molecule has 1 amide bonds. The smallest absolute Gasteiger partial charge is 0.276 e. The van der Waals surface area contributed by atoms with Gasteiger partial charge in [0.25, 0.3) is 11.4 Å². The summed E-state index contributed by atoms with van der Waals surface area (Å²) in [5, 5.41) is 24.3. The van der Waals surface area contributed by atoms with Crippen LogP contribution in [0.4, 0.5) is 17.1 Å². The number of anilines is 1. The van der Waals surface area contributed by atoms with Gasteiger partial charge in [-0.2, -0.15) is 0 Å². The van der Waals surface area contributed by atoms with Crippen molar-refractivity contribution in [3.8, 4) is 0 Å². The minimum Gasteiger partial charge on any atom is -0.322 e. The van der Waals surface area contributed by atoms with Crippen molar-refractivity contribution in [3.05, 3.63) is 79.9 Å². The first kappa shape index (κ1) is 16.8. The van der Waals surface area contributed by atoms with Gasteiger partial charge in [-0.05, 0) is 25.1 Å². The van der Waals surface area contributed by atoms with E-state index in [1.807, 2.05) is 0 Å². The number of nitro groups is 2. The zero-order chi connectivity index (χ0) is 17.7. The van der Waals surface area contributed by atoms with E-state index in [-0.39, 0.29) is 16.9 Å². The van der Waals surface area contributed by atoms with E-state index < -0.39 is 15.8 Å². The Morgan fingerprint density at radius 2 is 1.62 bits per heavy atom. The molecule has 0 aliphatic heterocycles. The second-order valence-corrected chi connectivity index (χ2v) is 4.85. The summed E-state index contributed by atoms with van der Waals surface area (Å²) in [6.45, 7) is 1.53. The van der Waals surface area contributed by atoms with Gasteiger partial charge >= 0.3 is 0 Å². The van der Waals surface area contributed by atoms with Crippen LogP contribution in [0.5, 0.6) is 0 Å². The molecule has 24 heavy (non-hydrogen) atoms. The van der Waals surface area contributed by atoms with Gasteiger partial charge in [0.1, 0.15) is 0 Å². The number of amides is 1. The molecule has 0 aromatic heterocycles. The van der Waals surface area contributed by atoms with Crippen LogP contribution in [0.3, 0.4) is 0 Å². The third kappa shape index (κ3) is 3.80. The van der Waals surface area contributed by atoms with Gasteiger partial charge in [0.2, 0.25) is 5.91 Å². The van der Waals surface area contributed by atoms with Crippen LogP contribution in [0, 0.1) is 27.2 Å². The maximum atomic E-state index is 12.0. The summed E-state index contributed by atoms with van der Waals surface area (Å²) in [6, 6.07) is 10.3. The van der Waals surface area contributed by atoms with E-state index in [4.69, 9.17) is 0 Å². The molecule has 122 valence electrons. The Kier molecular flexibility index (Phi) is 5.00. The number of nitrogens with zero attached hydrogens (tertiary/aromatic N) is 2. The molecule has 0 aliphatic rings. The Balaban J connectivity index is 2.19. The molecule has 0 atom stereocenters. The first-order valence-corrected chi connectivity index (χ1v) is 6.86. The van der Waals surface area contributed by atoms with Crippen LogP contribution in [0.1, 0.15) is 11.1 Å². The quantitative estimate of drug-likeness (QED) is 0.513. The Labute approximate surface area is 136 Å². The molecule has 0 saturated heterocycles. The van der Waals surface area contributed by atoms with Crippen LogP contribution in [-0.4, -0.2) is 15.8 Å². The normalized spacial score (nSPS) is 10.5. The van der Waals surface area contributed by atoms with Gasteiger partial charge in [-0.25, -0.2) is 0 Å². The van der Waals surface area contributed by atoms with Crippen molar-refractivity contribution in [2.75, 3.05) is 5.32 Å². The number of benzene rings is 2. The summed E-state index contributed by atoms with van der Waals surface area (Å²) < 4.78 is 0. The van der Waals surface area contributed by atoms with Crippen molar-refractivity contribution in [2.45, 2.75) is 6.92 Å². The van der Waals surface area contributed by atoms with Crippen LogP contribution in [0.2, 0.25) is 0 Å². The first-order valence-electron chi connectivity index (χ1n) is 6.86. The van der Waals surface area contributed by atoms with E-state index in [1.165, 1.54) is 43.3 Å². The fraction of sp³-hybridized carbons (Fsp3) is 0.0625. The van der Waals surface area contributed by atoms with Gasteiger partial charge in [-0.15, -0.1) is 0 Å². The molecule has 0 unspecified atom stereocenters. The van der Waals surface area contributed by atoms with Crippen molar-refractivity contribution < 1.29 is 14.6 Å². The van der Waals surface area contributed by atoms with E-state index in [1.54, 1.807) is 12.1 Å². The fourth-order valence-electron chi connectivity index (χ4n) is 2.09. The molecule has 0 heterocycles. The van der Waals surface area contributed by atoms with E-state index in [0.717, 1.165) is 6.08 Å². The summed E-state index contributed by atoms with van der Waals surface area (Å²) >= 11 is 0. The zero-order valence-electron chi connectivity index (χ0n) is 12.6. The van der Waals surface area contributed by atoms with Crippen LogP contribution in [0.15, 0.2) is 48.5 Å². The van der Waals surface area contributed by atoms with Crippen molar-refractivity contribution in [1.82, 2.24) is 0 Å². The Morgan fingerprint density at radius 3 is 2.29 bits per heavy atom. The summed E-state index contributed by atoms with van der Waals surface area (Å²) in [4.78, 5) is 32.7. The average molecular weight is 327 g/mol. The van der Waals surface area contributed by atoms with Crippen LogP contribution < -0.4 is 5.32 Å². The van der Waals surface area contributed by atoms with E-state index in [0.29, 0.717) is 11.3 Å². The van der Waals surface area contributed by atoms with Crippen molar-refractivity contribution in [3.63, 3.8) is 0 Å². The molecule has 0 spiro atoms. The molecule has 0 bridgehead atoms. The van der Waals surface area contributed by atoms with Crippen LogP contribution in [-0.2, 0) is 4.79 Å². The van der Waals surface area contributed by atoms with Crippen molar-refractivity contribution in [1.29, 1.82) is 0 Å². The number of nitro benzene ring substituents is 2. The maximum absolute atomic E-state index is 12.0. The highest BCUT2D eigenvalue weighted by Gasteiger charge is 2.14. The predicted octanol–water partition coefficient (Wildman–Crippen LogP) is 3.46. The third-order valence-corrected chi connectivity index (χ3v) is 3.31. The third-order valence-electron chi connectivity index (χ3n) is 3.31. The molecule has 8 nitrogen and oxygen atoms in total. The molecule has 8 heteroatoms. The minimum absolute atomic E-state index is 0.101. The molecule has 0 radical (unpaired) electrons. The number of hydrogen-bond donors (Lipinski definition) is 1. The maximum Gasteiger partial charge on any atom is 0.276 e. The Hall–Kier alpha value is -3.55. The van der Waals surface area contributed by atoms with Crippen molar-refractivity contribution >= 4 is 29.0 Å². The van der Waals surface area contributed by atoms with Gasteiger partial charge in [-0.3, -0.25) is 25.0 Å². The number of hydrogen-bond acceptors (Lipinski definition) is 5. The number of nitrogens with one attached hydrogen (secondary N) is 1. The van der Waals surface area contributed by atoms with Crippen LogP contribution >= 0.6 is 0 Å². The summed E-state index contributed by atoms with van der Waals surface area (Å²) in [5.41, 5.74) is 0.702. The second kappa shape index (κ2) is 7.14. The largest absolute Gasteiger partial charge is 0.322 e. The van der Waals surface area contributed by atoms with E-state index in [9.17, 15) is 25.0 Å². The lowest BCUT2D eigenvalue weighted by molar-refractivity contribution is -0.385. The van der Waals surface area contributed by atoms with Gasteiger partial charge in [0.15, 0.2) is 0 Å². The molecule has 0 fully saturated rings. The highest BCUT2D eigenvalue weighted by Crippen LogP contribution is 2.25. The lowest BCUT2D eigenvalue weighted by Gasteiger charge is -2.06. The lowest BCUT2D eigenvalue weighted by atomic mass is 10.1. The molecular weight excluding hydrogens is 314 g/mol. The minimum atomic E-state index is -0.545. The highest BCUT2D eigenvalue weighted by molar-refractivity contribution is 6.02. The fourth-order valence-corrected chi connectivity index (χ4v) is 2.09.